The SMILES string of the molecule is Cc1nnc(COc2ccc(C=O)cc2F)o1. The minimum absolute atomic E-state index is 0.0157. The van der Waals surface area contributed by atoms with Crippen LogP contribution in [0.3, 0.4) is 0 Å². The van der Waals surface area contributed by atoms with Gasteiger partial charge in [0, 0.05) is 12.5 Å². The molecule has 0 aliphatic rings. The van der Waals surface area contributed by atoms with Crippen LogP contribution in [0, 0.1) is 12.7 Å². The first-order chi connectivity index (χ1) is 8.19. The molecular formula is C11H9FN2O3. The summed E-state index contributed by atoms with van der Waals surface area (Å²) in [5.74, 6) is 0.110. The summed E-state index contributed by atoms with van der Waals surface area (Å²) in [4.78, 5) is 10.4. The van der Waals surface area contributed by atoms with Crippen molar-refractivity contribution in [3.8, 4) is 5.75 Å². The maximum atomic E-state index is 13.4. The molecule has 0 radical (unpaired) electrons. The third-order valence-corrected chi connectivity index (χ3v) is 2.01. The lowest BCUT2D eigenvalue weighted by Crippen LogP contribution is -1.98. The predicted octanol–water partition coefficient (Wildman–Crippen LogP) is 1.91. The Morgan fingerprint density at radius 3 is 2.88 bits per heavy atom. The van der Waals surface area contributed by atoms with Crippen molar-refractivity contribution < 1.29 is 18.3 Å². The minimum Gasteiger partial charge on any atom is -0.481 e. The van der Waals surface area contributed by atoms with Gasteiger partial charge in [-0.3, -0.25) is 4.79 Å². The largest absolute Gasteiger partial charge is 0.481 e. The van der Waals surface area contributed by atoms with Crippen LogP contribution in [0.15, 0.2) is 22.6 Å². The molecule has 0 saturated carbocycles. The van der Waals surface area contributed by atoms with E-state index < -0.39 is 5.82 Å². The van der Waals surface area contributed by atoms with Crippen LogP contribution in [-0.2, 0) is 6.61 Å². The Labute approximate surface area is 96.2 Å². The average Bonchev–Trinajstić information content (AvgIpc) is 2.73. The Hall–Kier alpha value is -2.24. The number of ether oxygens (including phenoxy) is 1. The number of carbonyl (C=O) groups is 1. The number of hydrogen-bond donors (Lipinski definition) is 0. The van der Waals surface area contributed by atoms with Gasteiger partial charge < -0.3 is 9.15 Å². The normalized spacial score (nSPS) is 10.2. The lowest BCUT2D eigenvalue weighted by Gasteiger charge is -2.04. The van der Waals surface area contributed by atoms with E-state index in [9.17, 15) is 9.18 Å². The standard InChI is InChI=1S/C11H9FN2O3/c1-7-13-14-11(17-7)6-16-10-3-2-8(5-15)4-9(10)12/h2-5H,6H2,1H3. The van der Waals surface area contributed by atoms with E-state index in [0.29, 0.717) is 12.2 Å². The molecule has 0 amide bonds. The van der Waals surface area contributed by atoms with Crippen LogP contribution in [0.25, 0.3) is 0 Å². The van der Waals surface area contributed by atoms with Gasteiger partial charge in [-0.1, -0.05) is 0 Å². The van der Waals surface area contributed by atoms with Gasteiger partial charge in [0.2, 0.25) is 5.89 Å². The molecule has 0 atom stereocenters. The second kappa shape index (κ2) is 4.73. The van der Waals surface area contributed by atoms with Crippen LogP contribution in [0.4, 0.5) is 4.39 Å². The molecule has 0 N–H and O–H groups in total. The lowest BCUT2D eigenvalue weighted by atomic mass is 10.2. The summed E-state index contributed by atoms with van der Waals surface area (Å²) in [6.45, 7) is 1.63. The van der Waals surface area contributed by atoms with Crippen molar-refractivity contribution in [2.24, 2.45) is 0 Å². The zero-order valence-electron chi connectivity index (χ0n) is 9.01. The van der Waals surface area contributed by atoms with Crippen molar-refractivity contribution in [1.82, 2.24) is 10.2 Å². The van der Waals surface area contributed by atoms with Crippen molar-refractivity contribution >= 4 is 6.29 Å². The molecule has 0 aliphatic carbocycles. The molecule has 1 aromatic heterocycles. The highest BCUT2D eigenvalue weighted by Gasteiger charge is 2.07. The molecule has 2 rings (SSSR count). The fourth-order valence-electron chi connectivity index (χ4n) is 1.24. The molecule has 0 aliphatic heterocycles. The Bertz CT molecular complexity index is 539. The summed E-state index contributed by atoms with van der Waals surface area (Å²) in [7, 11) is 0. The number of aromatic nitrogens is 2. The van der Waals surface area contributed by atoms with Gasteiger partial charge in [0.05, 0.1) is 0 Å². The molecule has 17 heavy (non-hydrogen) atoms. The maximum absolute atomic E-state index is 13.4. The van der Waals surface area contributed by atoms with E-state index in [1.54, 1.807) is 6.92 Å². The van der Waals surface area contributed by atoms with E-state index in [-0.39, 0.29) is 23.8 Å². The monoisotopic (exact) mass is 236 g/mol. The smallest absolute Gasteiger partial charge is 0.253 e. The number of nitrogens with zero attached hydrogens (tertiary/aromatic N) is 2. The highest BCUT2D eigenvalue weighted by Crippen LogP contribution is 2.18. The third kappa shape index (κ3) is 2.66. The molecular weight excluding hydrogens is 227 g/mol. The number of rotatable bonds is 4. The van der Waals surface area contributed by atoms with Crippen LogP contribution in [0.2, 0.25) is 0 Å². The van der Waals surface area contributed by atoms with E-state index in [4.69, 9.17) is 9.15 Å². The number of aldehydes is 1. The van der Waals surface area contributed by atoms with Gasteiger partial charge in [-0.2, -0.15) is 0 Å². The summed E-state index contributed by atoms with van der Waals surface area (Å²) >= 11 is 0. The van der Waals surface area contributed by atoms with Gasteiger partial charge >= 0.3 is 0 Å². The van der Waals surface area contributed by atoms with Crippen molar-refractivity contribution in [2.45, 2.75) is 13.5 Å². The predicted molar refractivity (Wildman–Crippen MR) is 55.2 cm³/mol. The fraction of sp³-hybridized carbons (Fsp3) is 0.182. The number of benzene rings is 1. The van der Waals surface area contributed by atoms with E-state index in [1.165, 1.54) is 12.1 Å². The highest BCUT2D eigenvalue weighted by molar-refractivity contribution is 5.74. The topological polar surface area (TPSA) is 65.2 Å². The summed E-state index contributed by atoms with van der Waals surface area (Å²) < 4.78 is 23.6. The van der Waals surface area contributed by atoms with Gasteiger partial charge in [-0.15, -0.1) is 10.2 Å². The molecule has 1 heterocycles. The lowest BCUT2D eigenvalue weighted by molar-refractivity contribution is 0.112. The van der Waals surface area contributed by atoms with Crippen molar-refractivity contribution in [3.05, 3.63) is 41.4 Å². The van der Waals surface area contributed by atoms with E-state index in [0.717, 1.165) is 6.07 Å². The Morgan fingerprint density at radius 1 is 1.47 bits per heavy atom. The molecule has 2 aromatic rings. The second-order valence-corrected chi connectivity index (χ2v) is 3.31. The van der Waals surface area contributed by atoms with Gasteiger partial charge in [0.15, 0.2) is 18.2 Å². The van der Waals surface area contributed by atoms with Gasteiger partial charge in [-0.05, 0) is 18.2 Å². The molecule has 5 nitrogen and oxygen atoms in total. The molecule has 1 aromatic carbocycles. The van der Waals surface area contributed by atoms with Crippen molar-refractivity contribution in [2.75, 3.05) is 0 Å². The first kappa shape index (κ1) is 11.3. The van der Waals surface area contributed by atoms with Crippen molar-refractivity contribution in [3.63, 3.8) is 0 Å². The Morgan fingerprint density at radius 2 is 2.29 bits per heavy atom. The molecule has 6 heteroatoms. The zero-order valence-corrected chi connectivity index (χ0v) is 9.01. The average molecular weight is 236 g/mol. The maximum Gasteiger partial charge on any atom is 0.253 e. The summed E-state index contributed by atoms with van der Waals surface area (Å²) in [6.07, 6.45) is 0.564. The summed E-state index contributed by atoms with van der Waals surface area (Å²) in [5, 5.41) is 7.32. The quantitative estimate of drug-likeness (QED) is 0.758. The number of halogens is 1. The molecule has 0 saturated heterocycles. The Kier molecular flexibility index (Phi) is 3.13. The molecule has 88 valence electrons. The van der Waals surface area contributed by atoms with Crippen LogP contribution in [-0.4, -0.2) is 16.5 Å². The van der Waals surface area contributed by atoms with Crippen LogP contribution in [0.5, 0.6) is 5.75 Å². The van der Waals surface area contributed by atoms with Crippen molar-refractivity contribution in [1.29, 1.82) is 0 Å². The van der Waals surface area contributed by atoms with Crippen LogP contribution < -0.4 is 4.74 Å². The van der Waals surface area contributed by atoms with Gasteiger partial charge in [-0.25, -0.2) is 4.39 Å². The van der Waals surface area contributed by atoms with Gasteiger partial charge in [0.25, 0.3) is 5.89 Å². The first-order valence-corrected chi connectivity index (χ1v) is 4.85. The first-order valence-electron chi connectivity index (χ1n) is 4.85. The molecule has 0 spiro atoms. The fourth-order valence-corrected chi connectivity index (χ4v) is 1.24. The highest BCUT2D eigenvalue weighted by atomic mass is 19.1. The minimum atomic E-state index is -0.606. The third-order valence-electron chi connectivity index (χ3n) is 2.01. The van der Waals surface area contributed by atoms with Gasteiger partial charge in [0.1, 0.15) is 6.29 Å². The number of aryl methyl sites for hydroxylation is 1. The molecule has 0 bridgehead atoms. The molecule has 0 unspecified atom stereocenters. The van der Waals surface area contributed by atoms with E-state index in [2.05, 4.69) is 10.2 Å². The number of hydrogen-bond acceptors (Lipinski definition) is 5. The summed E-state index contributed by atoms with van der Waals surface area (Å²) in [5.41, 5.74) is 0.253. The zero-order chi connectivity index (χ0) is 12.3. The number of carbonyl (C=O) groups excluding carboxylic acids is 1. The Balaban J connectivity index is 2.06. The summed E-state index contributed by atoms with van der Waals surface area (Å²) in [6, 6.07) is 3.94. The molecule has 0 fully saturated rings. The van der Waals surface area contributed by atoms with Crippen LogP contribution >= 0.6 is 0 Å². The second-order valence-electron chi connectivity index (χ2n) is 3.31. The van der Waals surface area contributed by atoms with E-state index >= 15 is 0 Å². The van der Waals surface area contributed by atoms with E-state index in [1.807, 2.05) is 0 Å². The van der Waals surface area contributed by atoms with Crippen LogP contribution in [0.1, 0.15) is 22.1 Å².